The highest BCUT2D eigenvalue weighted by Gasteiger charge is 2.34. The zero-order valence-electron chi connectivity index (χ0n) is 13.6. The maximum absolute atomic E-state index is 12.2. The van der Waals surface area contributed by atoms with Gasteiger partial charge in [0.15, 0.2) is 12.4 Å². The molecule has 1 aliphatic heterocycles. The minimum Gasteiger partial charge on any atom is -0.479 e. The molecule has 26 heavy (non-hydrogen) atoms. The molecule has 1 heterocycles. The molecule has 0 N–H and O–H groups in total. The molecule has 1 saturated heterocycles. The Balaban J connectivity index is 2.20. The van der Waals surface area contributed by atoms with Gasteiger partial charge < -0.3 is 9.47 Å². The third kappa shape index (κ3) is 4.73. The van der Waals surface area contributed by atoms with Gasteiger partial charge in [0.1, 0.15) is 0 Å². The van der Waals surface area contributed by atoms with Crippen LogP contribution in [-0.4, -0.2) is 41.8 Å². The molecule has 0 unspecified atom stereocenters. The highest BCUT2D eigenvalue weighted by Crippen LogP contribution is 2.37. The Kier molecular flexibility index (Phi) is 6.98. The summed E-state index contributed by atoms with van der Waals surface area (Å²) in [6.45, 7) is 1.48. The van der Waals surface area contributed by atoms with Crippen molar-refractivity contribution in [3.05, 3.63) is 32.6 Å². The summed E-state index contributed by atoms with van der Waals surface area (Å²) in [6.07, 6.45) is 6.63. The summed E-state index contributed by atoms with van der Waals surface area (Å²) in [7, 11) is 0. The van der Waals surface area contributed by atoms with Crippen molar-refractivity contribution in [2.75, 3.05) is 19.8 Å². The van der Waals surface area contributed by atoms with Crippen LogP contribution in [0.3, 0.4) is 0 Å². The van der Waals surface area contributed by atoms with Gasteiger partial charge in [0.25, 0.3) is 11.1 Å². The van der Waals surface area contributed by atoms with Gasteiger partial charge in [0.05, 0.1) is 28.1 Å². The van der Waals surface area contributed by atoms with Crippen LogP contribution in [0.2, 0.25) is 10.0 Å². The zero-order chi connectivity index (χ0) is 19.3. The average molecular weight is 414 g/mol. The van der Waals surface area contributed by atoms with Crippen molar-refractivity contribution in [1.29, 1.82) is 0 Å². The maximum atomic E-state index is 12.2. The van der Waals surface area contributed by atoms with Crippen LogP contribution in [0.25, 0.3) is 6.08 Å². The van der Waals surface area contributed by atoms with E-state index in [9.17, 15) is 14.4 Å². The smallest absolute Gasteiger partial charge is 0.344 e. The number of carbonyl (C=O) groups is 3. The summed E-state index contributed by atoms with van der Waals surface area (Å²) in [6, 6.07) is 3.01. The Bertz CT molecular complexity index is 808. The van der Waals surface area contributed by atoms with Crippen molar-refractivity contribution in [1.82, 2.24) is 4.90 Å². The number of terminal acetylenes is 1. The van der Waals surface area contributed by atoms with E-state index in [0.29, 0.717) is 5.56 Å². The van der Waals surface area contributed by atoms with E-state index in [1.807, 2.05) is 0 Å². The molecule has 136 valence electrons. The fraction of sp³-hybridized carbons (Fsp3) is 0.235. The van der Waals surface area contributed by atoms with E-state index in [2.05, 4.69) is 5.92 Å². The summed E-state index contributed by atoms with van der Waals surface area (Å²) < 4.78 is 10.0. The standard InChI is InChI=1S/C17H13Cl2NO5S/c1-3-5-20-16(22)13(26-17(20)23)8-10-6-11(18)15(12(19)7-10)25-9-14(21)24-4-2/h1,6-8H,4-5,9H2,2H3/b13-8+. The second-order valence-electron chi connectivity index (χ2n) is 4.88. The lowest BCUT2D eigenvalue weighted by atomic mass is 10.2. The van der Waals surface area contributed by atoms with E-state index in [1.165, 1.54) is 18.2 Å². The molecule has 9 heteroatoms. The molecule has 0 spiro atoms. The molecule has 0 aromatic heterocycles. The molecular formula is C17H13Cl2NO5S. The van der Waals surface area contributed by atoms with E-state index < -0.39 is 17.1 Å². The Hall–Kier alpha value is -2.14. The molecule has 2 amide bonds. The number of esters is 1. The van der Waals surface area contributed by atoms with Gasteiger partial charge in [0, 0.05) is 0 Å². The van der Waals surface area contributed by atoms with Gasteiger partial charge in [-0.1, -0.05) is 29.1 Å². The summed E-state index contributed by atoms with van der Waals surface area (Å²) >= 11 is 13.1. The Morgan fingerprint density at radius 3 is 2.58 bits per heavy atom. The minimum absolute atomic E-state index is 0.0931. The first-order valence-electron chi connectivity index (χ1n) is 7.33. The lowest BCUT2D eigenvalue weighted by molar-refractivity contribution is -0.145. The van der Waals surface area contributed by atoms with E-state index in [1.54, 1.807) is 6.92 Å². The maximum Gasteiger partial charge on any atom is 0.344 e. The third-order valence-corrected chi connectivity index (χ3v) is 4.55. The second-order valence-corrected chi connectivity index (χ2v) is 6.69. The lowest BCUT2D eigenvalue weighted by Gasteiger charge is -2.10. The summed E-state index contributed by atoms with van der Waals surface area (Å²) in [5, 5.41) is -0.141. The number of halogens is 2. The van der Waals surface area contributed by atoms with Gasteiger partial charge in [-0.05, 0) is 42.5 Å². The average Bonchev–Trinajstić information content (AvgIpc) is 2.82. The summed E-state index contributed by atoms with van der Waals surface area (Å²) in [4.78, 5) is 36.5. The quantitative estimate of drug-likeness (QED) is 0.402. The minimum atomic E-state index is -0.550. The topological polar surface area (TPSA) is 72.9 Å². The molecule has 1 aromatic rings. The van der Waals surface area contributed by atoms with Crippen molar-refractivity contribution in [3.8, 4) is 18.1 Å². The molecule has 2 rings (SSSR count). The van der Waals surface area contributed by atoms with E-state index in [4.69, 9.17) is 39.1 Å². The number of hydrogen-bond donors (Lipinski definition) is 0. The molecule has 1 fully saturated rings. The second kappa shape index (κ2) is 8.99. The predicted molar refractivity (Wildman–Crippen MR) is 100 cm³/mol. The van der Waals surface area contributed by atoms with Crippen molar-refractivity contribution in [2.45, 2.75) is 6.92 Å². The number of amides is 2. The van der Waals surface area contributed by atoms with Crippen molar-refractivity contribution in [2.24, 2.45) is 0 Å². The van der Waals surface area contributed by atoms with Crippen LogP contribution in [0.15, 0.2) is 17.0 Å². The summed E-state index contributed by atoms with van der Waals surface area (Å²) in [5.41, 5.74) is 0.495. The molecule has 0 atom stereocenters. The molecule has 1 aromatic carbocycles. The first-order chi connectivity index (χ1) is 12.4. The Morgan fingerprint density at radius 2 is 2.00 bits per heavy atom. The van der Waals surface area contributed by atoms with Crippen molar-refractivity contribution < 1.29 is 23.9 Å². The van der Waals surface area contributed by atoms with Crippen LogP contribution in [0, 0.1) is 12.3 Å². The van der Waals surface area contributed by atoms with Crippen molar-refractivity contribution >= 4 is 58.2 Å². The molecule has 0 saturated carbocycles. The van der Waals surface area contributed by atoms with Gasteiger partial charge >= 0.3 is 5.97 Å². The third-order valence-electron chi connectivity index (χ3n) is 3.08. The first kappa shape index (κ1) is 20.2. The molecule has 0 bridgehead atoms. The number of imide groups is 1. The van der Waals surface area contributed by atoms with E-state index >= 15 is 0 Å². The molecule has 1 aliphatic rings. The van der Waals surface area contributed by atoms with Crippen LogP contribution in [0.4, 0.5) is 4.79 Å². The number of carbonyl (C=O) groups excluding carboxylic acids is 3. The molecule has 6 nitrogen and oxygen atoms in total. The van der Waals surface area contributed by atoms with Crippen LogP contribution >= 0.6 is 35.0 Å². The number of ether oxygens (including phenoxy) is 2. The molecular weight excluding hydrogens is 401 g/mol. The fourth-order valence-electron chi connectivity index (χ4n) is 2.01. The van der Waals surface area contributed by atoms with E-state index in [-0.39, 0.29) is 40.5 Å². The normalized spacial score (nSPS) is 15.3. The largest absolute Gasteiger partial charge is 0.479 e. The Morgan fingerprint density at radius 1 is 1.35 bits per heavy atom. The predicted octanol–water partition coefficient (Wildman–Crippen LogP) is 3.60. The molecule has 0 radical (unpaired) electrons. The van der Waals surface area contributed by atoms with Gasteiger partial charge in [-0.25, -0.2) is 4.79 Å². The van der Waals surface area contributed by atoms with Crippen LogP contribution < -0.4 is 4.74 Å². The fourth-order valence-corrected chi connectivity index (χ4v) is 3.46. The van der Waals surface area contributed by atoms with Gasteiger partial charge in [-0.3, -0.25) is 14.5 Å². The SMILES string of the molecule is C#CCN1C(=O)S/C(=C/c2cc(Cl)c(OCC(=O)OCC)c(Cl)c2)C1=O. The molecule has 0 aliphatic carbocycles. The van der Waals surface area contributed by atoms with Crippen LogP contribution in [0.5, 0.6) is 5.75 Å². The number of benzene rings is 1. The van der Waals surface area contributed by atoms with E-state index in [0.717, 1.165) is 16.7 Å². The highest BCUT2D eigenvalue weighted by atomic mass is 35.5. The van der Waals surface area contributed by atoms with Gasteiger partial charge in [-0.15, -0.1) is 6.42 Å². The first-order valence-corrected chi connectivity index (χ1v) is 8.90. The number of thioether (sulfide) groups is 1. The lowest BCUT2D eigenvalue weighted by Crippen LogP contribution is -2.28. The van der Waals surface area contributed by atoms with Crippen LogP contribution in [-0.2, 0) is 14.3 Å². The summed E-state index contributed by atoms with van der Waals surface area (Å²) in [5.74, 6) is 1.35. The van der Waals surface area contributed by atoms with Crippen LogP contribution in [0.1, 0.15) is 12.5 Å². The number of nitrogens with zero attached hydrogens (tertiary/aromatic N) is 1. The highest BCUT2D eigenvalue weighted by molar-refractivity contribution is 8.18. The van der Waals surface area contributed by atoms with Crippen molar-refractivity contribution in [3.63, 3.8) is 0 Å². The zero-order valence-corrected chi connectivity index (χ0v) is 15.9. The van der Waals surface area contributed by atoms with Gasteiger partial charge in [0.2, 0.25) is 0 Å². The van der Waals surface area contributed by atoms with Gasteiger partial charge in [-0.2, -0.15) is 0 Å². The number of rotatable bonds is 6. The number of hydrogen-bond acceptors (Lipinski definition) is 6. The Labute approximate surface area is 164 Å². The monoisotopic (exact) mass is 413 g/mol.